The smallest absolute Gasteiger partial charge is 0.294 e. The summed E-state index contributed by atoms with van der Waals surface area (Å²) in [5.41, 5.74) is 3.05. The number of aliphatic hydroxyl groups excluding tert-OH is 1. The van der Waals surface area contributed by atoms with Crippen molar-refractivity contribution in [1.29, 1.82) is 0 Å². The van der Waals surface area contributed by atoms with Crippen LogP contribution < -0.4 is 9.80 Å². The summed E-state index contributed by atoms with van der Waals surface area (Å²) in [6.07, 6.45) is 3.60. The van der Waals surface area contributed by atoms with E-state index in [1.807, 2.05) is 72.8 Å². The van der Waals surface area contributed by atoms with Gasteiger partial charge in [-0.15, -0.1) is 0 Å². The lowest BCUT2D eigenvalue weighted by atomic mass is 9.94. The number of anilines is 2. The molecule has 1 aromatic heterocycles. The van der Waals surface area contributed by atoms with Gasteiger partial charge in [0.2, 0.25) is 5.78 Å². The highest BCUT2D eigenvalue weighted by molar-refractivity contribution is 6.20. The van der Waals surface area contributed by atoms with E-state index in [0.717, 1.165) is 29.7 Å². The van der Waals surface area contributed by atoms with Crippen LogP contribution in [0.4, 0.5) is 11.4 Å². The van der Waals surface area contributed by atoms with Gasteiger partial charge in [-0.1, -0.05) is 48.5 Å². The average molecular weight is 479 g/mol. The highest BCUT2D eigenvalue weighted by Gasteiger charge is 2.45. The molecule has 1 atom stereocenters. The SMILES string of the molecule is O=C(C1=C(O)C(=O)N(c2ccc(N3CCCCC3)cc2)C1c1ccccc1)c1cc2ccccc2o1. The number of aliphatic hydroxyl groups is 1. The van der Waals surface area contributed by atoms with Crippen molar-refractivity contribution < 1.29 is 19.1 Å². The van der Waals surface area contributed by atoms with E-state index in [9.17, 15) is 14.7 Å². The van der Waals surface area contributed by atoms with Crippen molar-refractivity contribution in [2.75, 3.05) is 22.9 Å². The Balaban J connectivity index is 1.40. The van der Waals surface area contributed by atoms with Gasteiger partial charge in [-0.05, 0) is 61.2 Å². The first-order chi connectivity index (χ1) is 17.6. The van der Waals surface area contributed by atoms with Gasteiger partial charge in [0.15, 0.2) is 11.5 Å². The minimum absolute atomic E-state index is 0.0189. The highest BCUT2D eigenvalue weighted by Crippen LogP contribution is 2.42. The molecular formula is C30H26N2O4. The van der Waals surface area contributed by atoms with E-state index < -0.39 is 23.5 Å². The Labute approximate surface area is 209 Å². The molecule has 0 aliphatic carbocycles. The quantitative estimate of drug-likeness (QED) is 0.346. The molecule has 0 spiro atoms. The topological polar surface area (TPSA) is 74.0 Å². The zero-order valence-corrected chi connectivity index (χ0v) is 19.8. The van der Waals surface area contributed by atoms with Crippen molar-refractivity contribution in [2.45, 2.75) is 25.3 Å². The van der Waals surface area contributed by atoms with Crippen LogP contribution in [-0.2, 0) is 4.79 Å². The Bertz CT molecular complexity index is 1430. The van der Waals surface area contributed by atoms with Gasteiger partial charge in [-0.25, -0.2) is 0 Å². The van der Waals surface area contributed by atoms with Gasteiger partial charge in [-0.3, -0.25) is 14.5 Å². The Hall–Kier alpha value is -4.32. The van der Waals surface area contributed by atoms with Crippen LogP contribution in [-0.4, -0.2) is 29.9 Å². The van der Waals surface area contributed by atoms with Gasteiger partial charge in [0.25, 0.3) is 5.91 Å². The summed E-state index contributed by atoms with van der Waals surface area (Å²) in [5, 5.41) is 11.8. The first kappa shape index (κ1) is 22.2. The van der Waals surface area contributed by atoms with E-state index in [1.165, 1.54) is 24.2 Å². The zero-order valence-electron chi connectivity index (χ0n) is 19.8. The fourth-order valence-electron chi connectivity index (χ4n) is 5.26. The molecular weight excluding hydrogens is 452 g/mol. The Morgan fingerprint density at radius 3 is 2.22 bits per heavy atom. The molecule has 180 valence electrons. The van der Waals surface area contributed by atoms with Gasteiger partial charge in [0, 0.05) is 29.9 Å². The van der Waals surface area contributed by atoms with Crippen molar-refractivity contribution in [2.24, 2.45) is 0 Å². The van der Waals surface area contributed by atoms with E-state index in [4.69, 9.17) is 4.42 Å². The number of fused-ring (bicyclic) bond motifs is 1. The van der Waals surface area contributed by atoms with Crippen LogP contribution in [0.15, 0.2) is 101 Å². The minimum Gasteiger partial charge on any atom is -0.503 e. The number of Topliss-reactive ketones (excluding diaryl/α,β-unsaturated/α-hetero) is 1. The Morgan fingerprint density at radius 1 is 0.833 bits per heavy atom. The van der Waals surface area contributed by atoms with E-state index in [2.05, 4.69) is 4.90 Å². The number of furan rings is 1. The predicted octanol–water partition coefficient (Wildman–Crippen LogP) is 6.21. The molecule has 1 fully saturated rings. The molecule has 2 aliphatic heterocycles. The lowest BCUT2D eigenvalue weighted by Gasteiger charge is -2.30. The van der Waals surface area contributed by atoms with Crippen LogP contribution in [0.5, 0.6) is 0 Å². The number of nitrogens with zero attached hydrogens (tertiary/aromatic N) is 2. The molecule has 0 bridgehead atoms. The maximum absolute atomic E-state index is 13.7. The Morgan fingerprint density at radius 2 is 1.50 bits per heavy atom. The van der Waals surface area contributed by atoms with E-state index in [0.29, 0.717) is 11.3 Å². The van der Waals surface area contributed by atoms with Crippen molar-refractivity contribution in [3.8, 4) is 0 Å². The normalized spacial score (nSPS) is 18.3. The molecule has 6 nitrogen and oxygen atoms in total. The van der Waals surface area contributed by atoms with Gasteiger partial charge in [0.1, 0.15) is 5.58 Å². The van der Waals surface area contributed by atoms with Gasteiger partial charge in [-0.2, -0.15) is 0 Å². The third kappa shape index (κ3) is 3.75. The lowest BCUT2D eigenvalue weighted by molar-refractivity contribution is -0.117. The number of piperidine rings is 1. The molecule has 6 rings (SSSR count). The lowest BCUT2D eigenvalue weighted by Crippen LogP contribution is -2.31. The van der Waals surface area contributed by atoms with Crippen molar-refractivity contribution in [3.63, 3.8) is 0 Å². The average Bonchev–Trinajstić information content (AvgIpc) is 3.48. The fraction of sp³-hybridized carbons (Fsp3) is 0.200. The van der Waals surface area contributed by atoms with Crippen LogP contribution in [0.25, 0.3) is 11.0 Å². The molecule has 0 radical (unpaired) electrons. The number of carbonyl (C=O) groups is 2. The molecule has 1 amide bonds. The van der Waals surface area contributed by atoms with Crippen molar-refractivity contribution in [1.82, 2.24) is 0 Å². The maximum atomic E-state index is 13.7. The molecule has 2 aliphatic rings. The molecule has 1 saturated heterocycles. The van der Waals surface area contributed by atoms with Crippen LogP contribution in [0.2, 0.25) is 0 Å². The molecule has 36 heavy (non-hydrogen) atoms. The number of benzene rings is 3. The van der Waals surface area contributed by atoms with Gasteiger partial charge >= 0.3 is 0 Å². The number of para-hydroxylation sites is 1. The van der Waals surface area contributed by atoms with E-state index in [-0.39, 0.29) is 11.3 Å². The summed E-state index contributed by atoms with van der Waals surface area (Å²) < 4.78 is 5.80. The largest absolute Gasteiger partial charge is 0.503 e. The summed E-state index contributed by atoms with van der Waals surface area (Å²) >= 11 is 0. The molecule has 1 N–H and O–H groups in total. The third-order valence-corrected chi connectivity index (χ3v) is 7.07. The van der Waals surface area contributed by atoms with Crippen molar-refractivity contribution in [3.05, 3.63) is 108 Å². The molecule has 3 aromatic carbocycles. The van der Waals surface area contributed by atoms with Crippen LogP contribution >= 0.6 is 0 Å². The minimum atomic E-state index is -0.778. The summed E-state index contributed by atoms with van der Waals surface area (Å²) in [5.74, 6) is -1.56. The number of rotatable bonds is 5. The summed E-state index contributed by atoms with van der Waals surface area (Å²) in [6, 6.07) is 25.3. The number of hydrogen-bond donors (Lipinski definition) is 1. The molecule has 1 unspecified atom stereocenters. The van der Waals surface area contributed by atoms with Crippen molar-refractivity contribution >= 4 is 34.0 Å². The summed E-state index contributed by atoms with van der Waals surface area (Å²) in [4.78, 5) is 31.0. The van der Waals surface area contributed by atoms with Crippen LogP contribution in [0.3, 0.4) is 0 Å². The fourth-order valence-corrected chi connectivity index (χ4v) is 5.26. The first-order valence-corrected chi connectivity index (χ1v) is 12.3. The predicted molar refractivity (Wildman–Crippen MR) is 139 cm³/mol. The number of amides is 1. The standard InChI is InChI=1S/C30H26N2O4/c33-28(25-19-21-11-5-6-12-24(21)36-25)26-27(20-9-3-1-4-10-20)32(30(35)29(26)34)23-15-13-22(14-16-23)31-17-7-2-8-18-31/h1,3-6,9-16,19,27,34H,2,7-8,17-18H2. The molecule has 3 heterocycles. The number of ketones is 1. The van der Waals surface area contributed by atoms with E-state index >= 15 is 0 Å². The van der Waals surface area contributed by atoms with Gasteiger partial charge < -0.3 is 14.4 Å². The third-order valence-electron chi connectivity index (χ3n) is 7.07. The second kappa shape index (κ2) is 9.04. The molecule has 0 saturated carbocycles. The maximum Gasteiger partial charge on any atom is 0.294 e. The van der Waals surface area contributed by atoms with E-state index in [1.54, 1.807) is 12.1 Å². The monoisotopic (exact) mass is 478 g/mol. The number of hydrogen-bond acceptors (Lipinski definition) is 5. The highest BCUT2D eigenvalue weighted by atomic mass is 16.3. The molecule has 6 heteroatoms. The number of carbonyl (C=O) groups excluding carboxylic acids is 2. The van der Waals surface area contributed by atoms with Crippen LogP contribution in [0.1, 0.15) is 41.4 Å². The van der Waals surface area contributed by atoms with Crippen LogP contribution in [0, 0.1) is 0 Å². The Kier molecular flexibility index (Phi) is 5.56. The first-order valence-electron chi connectivity index (χ1n) is 12.3. The second-order valence-electron chi connectivity index (χ2n) is 9.29. The summed E-state index contributed by atoms with van der Waals surface area (Å²) in [7, 11) is 0. The zero-order chi connectivity index (χ0) is 24.6. The summed E-state index contributed by atoms with van der Waals surface area (Å²) in [6.45, 7) is 2.04. The van der Waals surface area contributed by atoms with Gasteiger partial charge in [0.05, 0.1) is 11.6 Å². The second-order valence-corrected chi connectivity index (χ2v) is 9.29. The molecule has 4 aromatic rings.